The number of benzene rings is 1. The molecule has 1 atom stereocenters. The van der Waals surface area contributed by atoms with E-state index in [0.717, 1.165) is 18.3 Å². The Kier molecular flexibility index (Phi) is 9.88. The second-order valence-corrected chi connectivity index (χ2v) is 7.13. The fraction of sp³-hybridized carbons (Fsp3) is 0.650. The van der Waals surface area contributed by atoms with E-state index in [2.05, 4.69) is 10.6 Å². The zero-order valence-corrected chi connectivity index (χ0v) is 16.9. The van der Waals surface area contributed by atoms with Crippen LogP contribution >= 0.6 is 0 Å². The summed E-state index contributed by atoms with van der Waals surface area (Å²) in [6.45, 7) is 3.63. The molecule has 1 aliphatic carbocycles. The fourth-order valence-electron chi connectivity index (χ4n) is 2.32. The third-order valence-corrected chi connectivity index (χ3v) is 4.18. The van der Waals surface area contributed by atoms with E-state index in [1.54, 1.807) is 14.1 Å². The summed E-state index contributed by atoms with van der Waals surface area (Å²) in [5, 5.41) is 15.8. The van der Waals surface area contributed by atoms with Crippen molar-refractivity contribution in [2.45, 2.75) is 18.9 Å². The van der Waals surface area contributed by atoms with E-state index in [9.17, 15) is 9.90 Å². The number of hydrogen-bond donors (Lipinski definition) is 3. The Morgan fingerprint density at radius 3 is 2.46 bits per heavy atom. The average Bonchev–Trinajstić information content (AvgIpc) is 3.51. The zero-order valence-electron chi connectivity index (χ0n) is 16.9. The van der Waals surface area contributed by atoms with Crippen LogP contribution in [0.25, 0.3) is 0 Å². The van der Waals surface area contributed by atoms with Crippen LogP contribution in [-0.4, -0.2) is 82.3 Å². The smallest absolute Gasteiger partial charge is 0.316 e. The molecule has 1 saturated carbocycles. The summed E-state index contributed by atoms with van der Waals surface area (Å²) in [6, 6.07) is 7.18. The normalized spacial score (nSPS) is 14.4. The maximum atomic E-state index is 11.3. The van der Waals surface area contributed by atoms with Gasteiger partial charge in [-0.25, -0.2) is 4.79 Å². The molecule has 8 heteroatoms. The van der Waals surface area contributed by atoms with Crippen LogP contribution in [0.1, 0.15) is 12.8 Å². The molecule has 1 aromatic rings. The monoisotopic (exact) mass is 395 g/mol. The number of hydrogen-bond acceptors (Lipinski definition) is 6. The van der Waals surface area contributed by atoms with Crippen LogP contribution in [0, 0.1) is 5.92 Å². The lowest BCUT2D eigenvalue weighted by molar-refractivity contribution is 0.0926. The van der Waals surface area contributed by atoms with Gasteiger partial charge >= 0.3 is 6.03 Å². The van der Waals surface area contributed by atoms with E-state index in [0.29, 0.717) is 38.6 Å². The molecule has 0 radical (unpaired) electrons. The lowest BCUT2D eigenvalue weighted by atomic mass is 10.3. The molecule has 0 saturated heterocycles. The number of aliphatic hydroxyl groups is 1. The highest BCUT2D eigenvalue weighted by Gasteiger charge is 2.20. The molecule has 1 unspecified atom stereocenters. The summed E-state index contributed by atoms with van der Waals surface area (Å²) < 4.78 is 16.7. The van der Waals surface area contributed by atoms with Crippen molar-refractivity contribution >= 4 is 6.03 Å². The molecule has 0 heterocycles. The van der Waals surface area contributed by atoms with Gasteiger partial charge in [-0.05, 0) is 43.0 Å². The first kappa shape index (κ1) is 22.3. The minimum atomic E-state index is -0.635. The number of aliphatic hydroxyl groups excluding tert-OH is 1. The Hall–Kier alpha value is -2.03. The topological polar surface area (TPSA) is 92.3 Å². The van der Waals surface area contributed by atoms with Crippen molar-refractivity contribution in [2.75, 3.05) is 60.2 Å². The van der Waals surface area contributed by atoms with Gasteiger partial charge < -0.3 is 34.9 Å². The van der Waals surface area contributed by atoms with Crippen molar-refractivity contribution in [3.63, 3.8) is 0 Å². The molecule has 2 rings (SSSR count). The predicted molar refractivity (Wildman–Crippen MR) is 107 cm³/mol. The number of nitrogens with one attached hydrogen (secondary N) is 2. The van der Waals surface area contributed by atoms with Gasteiger partial charge in [0, 0.05) is 40.3 Å². The number of carbonyl (C=O) groups is 1. The first-order valence-corrected chi connectivity index (χ1v) is 9.82. The Bertz CT molecular complexity index is 563. The number of urea groups is 1. The van der Waals surface area contributed by atoms with E-state index in [-0.39, 0.29) is 12.6 Å². The van der Waals surface area contributed by atoms with E-state index in [4.69, 9.17) is 14.2 Å². The largest absolute Gasteiger partial charge is 0.491 e. The average molecular weight is 396 g/mol. The molecule has 0 aromatic heterocycles. The summed E-state index contributed by atoms with van der Waals surface area (Å²) in [7, 11) is 3.38. The third-order valence-electron chi connectivity index (χ3n) is 4.18. The van der Waals surface area contributed by atoms with Crippen LogP contribution in [0.4, 0.5) is 4.79 Å². The maximum Gasteiger partial charge on any atom is 0.316 e. The highest BCUT2D eigenvalue weighted by molar-refractivity contribution is 5.73. The van der Waals surface area contributed by atoms with Gasteiger partial charge in [-0.1, -0.05) is 0 Å². The summed E-state index contributed by atoms with van der Waals surface area (Å²) >= 11 is 0. The van der Waals surface area contributed by atoms with Crippen molar-refractivity contribution in [3.05, 3.63) is 24.3 Å². The second-order valence-electron chi connectivity index (χ2n) is 7.13. The van der Waals surface area contributed by atoms with Gasteiger partial charge in [0.2, 0.25) is 0 Å². The van der Waals surface area contributed by atoms with Gasteiger partial charge in [-0.15, -0.1) is 0 Å². The van der Waals surface area contributed by atoms with Gasteiger partial charge in [0.05, 0.1) is 6.61 Å². The van der Waals surface area contributed by atoms with Crippen molar-refractivity contribution in [3.8, 4) is 11.5 Å². The van der Waals surface area contributed by atoms with Crippen molar-refractivity contribution in [2.24, 2.45) is 5.92 Å². The molecule has 0 aliphatic heterocycles. The molecule has 0 bridgehead atoms. The molecule has 1 aliphatic rings. The molecular weight excluding hydrogens is 362 g/mol. The zero-order chi connectivity index (χ0) is 20.2. The van der Waals surface area contributed by atoms with Crippen LogP contribution < -0.4 is 20.1 Å². The predicted octanol–water partition coefficient (Wildman–Crippen LogP) is 1.09. The van der Waals surface area contributed by atoms with E-state index in [1.165, 1.54) is 17.7 Å². The van der Waals surface area contributed by atoms with Crippen LogP contribution in [0.3, 0.4) is 0 Å². The maximum absolute atomic E-state index is 11.3. The first-order chi connectivity index (χ1) is 13.5. The Balaban J connectivity index is 1.49. The molecule has 0 spiro atoms. The van der Waals surface area contributed by atoms with Crippen LogP contribution in [0.2, 0.25) is 0 Å². The quantitative estimate of drug-likeness (QED) is 0.409. The summed E-state index contributed by atoms with van der Waals surface area (Å²) in [4.78, 5) is 12.8. The van der Waals surface area contributed by atoms with E-state index in [1.807, 2.05) is 24.3 Å². The standard InChI is InChI=1S/C20H33N3O5/c1-23(2)20(25)22-10-9-21-13-17(24)15-28-19-7-5-18(6-8-19)27-12-11-26-14-16-3-4-16/h5-8,16-17,21,24H,3-4,9-15H2,1-2H3,(H,22,25). The molecule has 2 amide bonds. The van der Waals surface area contributed by atoms with Crippen LogP contribution in [0.5, 0.6) is 11.5 Å². The number of nitrogens with zero attached hydrogens (tertiary/aromatic N) is 1. The summed E-state index contributed by atoms with van der Waals surface area (Å²) in [6.07, 6.45) is 1.95. The molecule has 1 fully saturated rings. The number of rotatable bonds is 14. The first-order valence-electron chi connectivity index (χ1n) is 9.82. The number of amides is 2. The summed E-state index contributed by atoms with van der Waals surface area (Å²) in [5.74, 6) is 2.21. The molecule has 158 valence electrons. The molecule has 28 heavy (non-hydrogen) atoms. The van der Waals surface area contributed by atoms with Gasteiger partial charge in [-0.3, -0.25) is 0 Å². The molecule has 1 aromatic carbocycles. The second kappa shape index (κ2) is 12.4. The molecule has 8 nitrogen and oxygen atoms in total. The molecular formula is C20H33N3O5. The van der Waals surface area contributed by atoms with Crippen molar-refractivity contribution in [1.29, 1.82) is 0 Å². The van der Waals surface area contributed by atoms with Gasteiger partial charge in [0.1, 0.15) is 30.8 Å². The number of carbonyl (C=O) groups excluding carboxylic acids is 1. The van der Waals surface area contributed by atoms with Gasteiger partial charge in [-0.2, -0.15) is 0 Å². The SMILES string of the molecule is CN(C)C(=O)NCCNCC(O)COc1ccc(OCCOCC2CC2)cc1. The summed E-state index contributed by atoms with van der Waals surface area (Å²) in [5.41, 5.74) is 0. The lowest BCUT2D eigenvalue weighted by Crippen LogP contribution is -2.40. The minimum Gasteiger partial charge on any atom is -0.491 e. The van der Waals surface area contributed by atoms with Gasteiger partial charge in [0.15, 0.2) is 0 Å². The Labute approximate surface area is 167 Å². The van der Waals surface area contributed by atoms with Crippen molar-refractivity contribution < 1.29 is 24.1 Å². The Morgan fingerprint density at radius 2 is 1.82 bits per heavy atom. The lowest BCUT2D eigenvalue weighted by Gasteiger charge is -2.15. The minimum absolute atomic E-state index is 0.135. The highest BCUT2D eigenvalue weighted by Crippen LogP contribution is 2.28. The highest BCUT2D eigenvalue weighted by atomic mass is 16.5. The third kappa shape index (κ3) is 9.77. The fourth-order valence-corrected chi connectivity index (χ4v) is 2.32. The van der Waals surface area contributed by atoms with E-state index >= 15 is 0 Å². The molecule has 3 N–H and O–H groups in total. The number of ether oxygens (including phenoxy) is 3. The van der Waals surface area contributed by atoms with Gasteiger partial charge in [0.25, 0.3) is 0 Å². The van der Waals surface area contributed by atoms with Crippen LogP contribution in [-0.2, 0) is 4.74 Å². The van der Waals surface area contributed by atoms with Crippen LogP contribution in [0.15, 0.2) is 24.3 Å². The van der Waals surface area contributed by atoms with E-state index < -0.39 is 6.10 Å². The Morgan fingerprint density at radius 1 is 1.14 bits per heavy atom. The van der Waals surface area contributed by atoms with Crippen molar-refractivity contribution in [1.82, 2.24) is 15.5 Å².